The molecular formula is C32H38N2O5. The van der Waals surface area contributed by atoms with Gasteiger partial charge in [-0.05, 0) is 70.3 Å². The van der Waals surface area contributed by atoms with Crippen molar-refractivity contribution in [1.82, 2.24) is 5.43 Å². The highest BCUT2D eigenvalue weighted by molar-refractivity contribution is 5.93. The van der Waals surface area contributed by atoms with Gasteiger partial charge in [0.1, 0.15) is 17.2 Å². The fraction of sp³-hybridized carbons (Fsp3) is 0.344. The molecule has 0 aromatic heterocycles. The van der Waals surface area contributed by atoms with E-state index in [1.165, 1.54) is 6.21 Å². The molecule has 0 unspecified atom stereocenters. The molecule has 0 aliphatic carbocycles. The van der Waals surface area contributed by atoms with Crippen molar-refractivity contribution >= 4 is 18.1 Å². The Morgan fingerprint density at radius 1 is 0.923 bits per heavy atom. The third-order valence-electron chi connectivity index (χ3n) is 6.27. The normalized spacial score (nSPS) is 11.9. The molecular weight excluding hydrogens is 492 g/mol. The second-order valence-electron chi connectivity index (χ2n) is 11.5. The van der Waals surface area contributed by atoms with Crippen LogP contribution in [0.25, 0.3) is 0 Å². The zero-order valence-corrected chi connectivity index (χ0v) is 23.8. The zero-order chi connectivity index (χ0) is 28.8. The number of hydrogen-bond donors (Lipinski definition) is 2. The van der Waals surface area contributed by atoms with Crippen molar-refractivity contribution in [2.24, 2.45) is 5.10 Å². The predicted molar refractivity (Wildman–Crippen MR) is 154 cm³/mol. The lowest BCUT2D eigenvalue weighted by Crippen LogP contribution is -2.20. The Kier molecular flexibility index (Phi) is 9.17. The Balaban J connectivity index is 1.65. The van der Waals surface area contributed by atoms with Crippen LogP contribution in [0.1, 0.15) is 80.6 Å². The van der Waals surface area contributed by atoms with Crippen molar-refractivity contribution in [3.8, 4) is 17.2 Å². The molecule has 0 atom stereocenters. The van der Waals surface area contributed by atoms with E-state index < -0.39 is 5.97 Å². The minimum absolute atomic E-state index is 0.226. The van der Waals surface area contributed by atoms with Crippen LogP contribution in [-0.4, -0.2) is 30.3 Å². The molecule has 2 N–H and O–H groups in total. The van der Waals surface area contributed by atoms with Gasteiger partial charge in [-0.2, -0.15) is 5.10 Å². The molecule has 3 aromatic carbocycles. The third kappa shape index (κ3) is 7.93. The number of hydrogen-bond acceptors (Lipinski definition) is 6. The number of methoxy groups -OCH3 is 1. The van der Waals surface area contributed by atoms with E-state index in [0.29, 0.717) is 34.8 Å². The highest BCUT2D eigenvalue weighted by Crippen LogP contribution is 2.40. The molecule has 0 aliphatic rings. The van der Waals surface area contributed by atoms with Gasteiger partial charge in [0, 0.05) is 12.0 Å². The number of aryl methyl sites for hydroxylation is 1. The minimum Gasteiger partial charge on any atom is -0.507 e. The van der Waals surface area contributed by atoms with Crippen LogP contribution in [0.4, 0.5) is 0 Å². The van der Waals surface area contributed by atoms with Gasteiger partial charge >= 0.3 is 5.97 Å². The molecule has 0 saturated heterocycles. The van der Waals surface area contributed by atoms with Gasteiger partial charge in [-0.1, -0.05) is 65.8 Å². The fourth-order valence-electron chi connectivity index (χ4n) is 4.04. The maximum atomic E-state index is 12.6. The Morgan fingerprint density at radius 3 is 2.08 bits per heavy atom. The van der Waals surface area contributed by atoms with Crippen LogP contribution in [0.15, 0.2) is 65.8 Å². The first-order chi connectivity index (χ1) is 18.3. The van der Waals surface area contributed by atoms with E-state index >= 15 is 0 Å². The largest absolute Gasteiger partial charge is 0.507 e. The average Bonchev–Trinajstić information content (AvgIpc) is 2.87. The van der Waals surface area contributed by atoms with Crippen LogP contribution in [-0.2, 0) is 22.0 Å². The Morgan fingerprint density at radius 2 is 1.51 bits per heavy atom. The maximum absolute atomic E-state index is 12.6. The van der Waals surface area contributed by atoms with Crippen molar-refractivity contribution in [1.29, 1.82) is 0 Å². The molecule has 206 valence electrons. The Hall–Kier alpha value is -4.13. The van der Waals surface area contributed by atoms with Gasteiger partial charge in [-0.3, -0.25) is 4.79 Å². The highest BCUT2D eigenvalue weighted by Gasteiger charge is 2.26. The number of phenols is 1. The lowest BCUT2D eigenvalue weighted by Gasteiger charge is -2.28. The van der Waals surface area contributed by atoms with E-state index in [1.807, 2.05) is 12.1 Å². The summed E-state index contributed by atoms with van der Waals surface area (Å²) in [4.78, 5) is 25.1. The average molecular weight is 531 g/mol. The van der Waals surface area contributed by atoms with Gasteiger partial charge in [0.25, 0.3) is 0 Å². The Bertz CT molecular complexity index is 1310. The first-order valence-corrected chi connectivity index (χ1v) is 12.9. The number of carbonyl (C=O) groups is 2. The van der Waals surface area contributed by atoms with E-state index in [9.17, 15) is 14.7 Å². The van der Waals surface area contributed by atoms with E-state index in [0.717, 1.165) is 16.7 Å². The predicted octanol–water partition coefficient (Wildman–Crippen LogP) is 6.30. The monoisotopic (exact) mass is 530 g/mol. The molecule has 0 fully saturated rings. The number of carbonyl (C=O) groups excluding carboxylic acids is 2. The van der Waals surface area contributed by atoms with Gasteiger partial charge in [-0.25, -0.2) is 10.2 Å². The SMILES string of the molecule is COc1ccc(C(=O)Oc2ccccc2/C=N\NC(=O)CCc2cc(C(C)(C)C)c(O)c(C(C)(C)C)c2)cc1. The van der Waals surface area contributed by atoms with Gasteiger partial charge in [0.2, 0.25) is 5.91 Å². The quantitative estimate of drug-likeness (QED) is 0.154. The maximum Gasteiger partial charge on any atom is 0.343 e. The number of benzene rings is 3. The number of esters is 1. The molecule has 39 heavy (non-hydrogen) atoms. The number of hydrazone groups is 1. The number of aromatic hydroxyl groups is 1. The topological polar surface area (TPSA) is 97.2 Å². The van der Waals surface area contributed by atoms with Gasteiger partial charge in [-0.15, -0.1) is 0 Å². The first-order valence-electron chi connectivity index (χ1n) is 12.9. The molecule has 0 heterocycles. The highest BCUT2D eigenvalue weighted by atomic mass is 16.5. The summed E-state index contributed by atoms with van der Waals surface area (Å²) in [5.41, 5.74) is 5.72. The van der Waals surface area contributed by atoms with Gasteiger partial charge in [0.05, 0.1) is 18.9 Å². The number of amides is 1. The van der Waals surface area contributed by atoms with Crippen molar-refractivity contribution in [3.05, 3.63) is 88.5 Å². The van der Waals surface area contributed by atoms with Crippen LogP contribution in [0.5, 0.6) is 17.2 Å². The van der Waals surface area contributed by atoms with Crippen molar-refractivity contribution in [2.45, 2.75) is 65.2 Å². The second-order valence-corrected chi connectivity index (χ2v) is 11.5. The number of ether oxygens (including phenoxy) is 2. The molecule has 1 amide bonds. The summed E-state index contributed by atoms with van der Waals surface area (Å²) in [5.74, 6) is 0.524. The molecule has 3 aromatic rings. The van der Waals surface area contributed by atoms with Crippen LogP contribution in [0.2, 0.25) is 0 Å². The smallest absolute Gasteiger partial charge is 0.343 e. The van der Waals surface area contributed by atoms with E-state index in [1.54, 1.807) is 55.6 Å². The Labute approximate surface area is 230 Å². The molecule has 0 spiro atoms. The van der Waals surface area contributed by atoms with Crippen LogP contribution >= 0.6 is 0 Å². The second kappa shape index (κ2) is 12.2. The van der Waals surface area contributed by atoms with E-state index in [4.69, 9.17) is 9.47 Å². The standard InChI is InChI=1S/C32H38N2O5/c1-31(2,3)25-18-21(19-26(29(25)36)32(4,5)6)12-17-28(35)34-33-20-23-10-8-9-11-27(23)39-30(37)22-13-15-24(38-7)16-14-22/h8-11,13-16,18-20,36H,12,17H2,1-7H3,(H,34,35)/b33-20-. The number of para-hydroxylation sites is 1. The zero-order valence-electron chi connectivity index (χ0n) is 23.8. The molecule has 7 heteroatoms. The number of nitrogens with one attached hydrogen (secondary N) is 1. The summed E-state index contributed by atoms with van der Waals surface area (Å²) >= 11 is 0. The molecule has 0 bridgehead atoms. The first kappa shape index (κ1) is 29.4. The fourth-order valence-corrected chi connectivity index (χ4v) is 4.04. The summed E-state index contributed by atoms with van der Waals surface area (Å²) in [7, 11) is 1.56. The van der Waals surface area contributed by atoms with Crippen LogP contribution < -0.4 is 14.9 Å². The van der Waals surface area contributed by atoms with E-state index in [-0.39, 0.29) is 23.2 Å². The molecule has 0 aliphatic heterocycles. The molecule has 7 nitrogen and oxygen atoms in total. The summed E-state index contributed by atoms with van der Waals surface area (Å²) in [6.45, 7) is 12.4. The molecule has 3 rings (SSSR count). The summed E-state index contributed by atoms with van der Waals surface area (Å²) in [6, 6.07) is 17.5. The lowest BCUT2D eigenvalue weighted by molar-refractivity contribution is -0.121. The van der Waals surface area contributed by atoms with Crippen molar-refractivity contribution in [2.75, 3.05) is 7.11 Å². The summed E-state index contributed by atoms with van der Waals surface area (Å²) < 4.78 is 10.7. The van der Waals surface area contributed by atoms with Gasteiger partial charge in [0.15, 0.2) is 0 Å². The lowest BCUT2D eigenvalue weighted by atomic mass is 9.78. The minimum atomic E-state index is -0.513. The van der Waals surface area contributed by atoms with Crippen LogP contribution in [0, 0.1) is 0 Å². The van der Waals surface area contributed by atoms with Crippen LogP contribution in [0.3, 0.4) is 0 Å². The third-order valence-corrected chi connectivity index (χ3v) is 6.27. The number of rotatable bonds is 8. The van der Waals surface area contributed by atoms with Gasteiger partial charge < -0.3 is 14.6 Å². The molecule has 0 radical (unpaired) electrons. The summed E-state index contributed by atoms with van der Waals surface area (Å²) in [5, 5.41) is 15.0. The van der Waals surface area contributed by atoms with Crippen molar-refractivity contribution < 1.29 is 24.2 Å². The van der Waals surface area contributed by atoms with E-state index in [2.05, 4.69) is 52.1 Å². The molecule has 0 saturated carbocycles. The van der Waals surface area contributed by atoms with Crippen molar-refractivity contribution in [3.63, 3.8) is 0 Å². The number of phenolic OH excluding ortho intramolecular Hbond substituents is 1. The summed E-state index contributed by atoms with van der Waals surface area (Å²) in [6.07, 6.45) is 2.18. The number of nitrogens with zero attached hydrogens (tertiary/aromatic N) is 1.